The van der Waals surface area contributed by atoms with Gasteiger partial charge < -0.3 is 31.9 Å². The number of hydrogen-bond acceptors (Lipinski definition) is 7. The molecule has 7 N–H and O–H groups in total. The average molecular weight is 407 g/mol. The molecule has 5 atom stereocenters. The van der Waals surface area contributed by atoms with E-state index < -0.39 is 54.0 Å². The van der Waals surface area contributed by atoms with Gasteiger partial charge >= 0.3 is 5.97 Å². The molecule has 0 aliphatic carbocycles. The Bertz CT molecular complexity index is 543. The SMILES string of the molecule is CC(C)CC(NC(=O)C(NC(=O)C(N)CS)C(C)O)C(=O)NC(C)C(=O)O. The Balaban J connectivity index is 5.24. The van der Waals surface area contributed by atoms with Crippen LogP contribution in [0.1, 0.15) is 34.1 Å². The fraction of sp³-hybridized carbons (Fsp3) is 0.750. The van der Waals surface area contributed by atoms with Gasteiger partial charge in [0.25, 0.3) is 0 Å². The average Bonchev–Trinajstić information content (AvgIpc) is 2.56. The van der Waals surface area contributed by atoms with Crippen molar-refractivity contribution in [2.24, 2.45) is 11.7 Å². The standard InChI is InChI=1S/C16H30N4O6S/c1-7(2)5-11(14(23)18-8(3)16(25)26)19-15(24)12(9(4)21)20-13(22)10(17)6-27/h7-12,21,27H,5-6,17H2,1-4H3,(H,18,23)(H,19,24)(H,20,22)(H,25,26). The first-order chi connectivity index (χ1) is 12.4. The normalized spacial score (nSPS) is 16.6. The molecule has 11 heteroatoms. The topological polar surface area (TPSA) is 171 Å². The molecule has 0 heterocycles. The maximum Gasteiger partial charge on any atom is 0.325 e. The second-order valence-corrected chi connectivity index (χ2v) is 7.14. The Labute approximate surface area is 164 Å². The maximum atomic E-state index is 12.5. The number of hydrogen-bond donors (Lipinski definition) is 7. The van der Waals surface area contributed by atoms with Crippen LogP contribution in [-0.4, -0.2) is 69.9 Å². The Hall–Kier alpha value is -1.85. The van der Waals surface area contributed by atoms with E-state index in [4.69, 9.17) is 10.8 Å². The second kappa shape index (κ2) is 11.8. The van der Waals surface area contributed by atoms with Crippen molar-refractivity contribution < 1.29 is 29.4 Å². The summed E-state index contributed by atoms with van der Waals surface area (Å²) in [6.45, 7) is 6.26. The minimum absolute atomic E-state index is 0.0124. The predicted octanol–water partition coefficient (Wildman–Crippen LogP) is -1.77. The molecule has 0 spiro atoms. The first-order valence-corrected chi connectivity index (χ1v) is 9.22. The highest BCUT2D eigenvalue weighted by Crippen LogP contribution is 2.07. The van der Waals surface area contributed by atoms with E-state index in [9.17, 15) is 24.3 Å². The van der Waals surface area contributed by atoms with Crippen LogP contribution in [0.4, 0.5) is 0 Å². The Kier molecular flexibility index (Phi) is 11.0. The number of aliphatic carboxylic acids is 1. The molecular formula is C16H30N4O6S. The molecule has 0 saturated heterocycles. The lowest BCUT2D eigenvalue weighted by molar-refractivity contribution is -0.142. The van der Waals surface area contributed by atoms with Crippen LogP contribution >= 0.6 is 12.6 Å². The molecular weight excluding hydrogens is 376 g/mol. The Morgan fingerprint density at radius 3 is 1.93 bits per heavy atom. The number of aliphatic hydroxyl groups is 1. The van der Waals surface area contributed by atoms with Gasteiger partial charge in [0, 0.05) is 5.75 Å². The van der Waals surface area contributed by atoms with Crippen molar-refractivity contribution >= 4 is 36.3 Å². The molecule has 0 fully saturated rings. The highest BCUT2D eigenvalue weighted by molar-refractivity contribution is 7.80. The number of thiol groups is 1. The van der Waals surface area contributed by atoms with Crippen molar-refractivity contribution in [3.05, 3.63) is 0 Å². The Morgan fingerprint density at radius 2 is 1.52 bits per heavy atom. The van der Waals surface area contributed by atoms with Gasteiger partial charge in [-0.25, -0.2) is 0 Å². The third-order valence-corrected chi connectivity index (χ3v) is 4.06. The number of nitrogens with one attached hydrogen (secondary N) is 3. The highest BCUT2D eigenvalue weighted by atomic mass is 32.1. The molecule has 0 aromatic carbocycles. The van der Waals surface area contributed by atoms with Gasteiger partial charge in [-0.1, -0.05) is 13.8 Å². The van der Waals surface area contributed by atoms with E-state index in [0.717, 1.165) is 0 Å². The van der Waals surface area contributed by atoms with Crippen LogP contribution < -0.4 is 21.7 Å². The number of carboxylic acids is 1. The minimum atomic E-state index is -1.33. The van der Waals surface area contributed by atoms with Crippen LogP contribution in [0.15, 0.2) is 0 Å². The van der Waals surface area contributed by atoms with Gasteiger partial charge in [0.05, 0.1) is 12.1 Å². The lowest BCUT2D eigenvalue weighted by Crippen LogP contribution is -2.60. The van der Waals surface area contributed by atoms with E-state index in [2.05, 4.69) is 28.6 Å². The molecule has 0 aromatic rings. The van der Waals surface area contributed by atoms with Gasteiger partial charge in [0.1, 0.15) is 18.1 Å². The zero-order valence-electron chi connectivity index (χ0n) is 15.9. The van der Waals surface area contributed by atoms with E-state index in [1.165, 1.54) is 13.8 Å². The smallest absolute Gasteiger partial charge is 0.325 e. The summed E-state index contributed by atoms with van der Waals surface area (Å²) in [7, 11) is 0. The summed E-state index contributed by atoms with van der Waals surface area (Å²) >= 11 is 3.90. The molecule has 5 unspecified atom stereocenters. The number of carbonyl (C=O) groups excluding carboxylic acids is 3. The molecule has 0 rings (SSSR count). The van der Waals surface area contributed by atoms with Crippen LogP contribution in [0.25, 0.3) is 0 Å². The summed E-state index contributed by atoms with van der Waals surface area (Å²) in [6, 6.07) is -4.46. The largest absolute Gasteiger partial charge is 0.480 e. The van der Waals surface area contributed by atoms with Crippen LogP contribution in [0.3, 0.4) is 0 Å². The lowest BCUT2D eigenvalue weighted by Gasteiger charge is -2.26. The second-order valence-electron chi connectivity index (χ2n) is 6.78. The van der Waals surface area contributed by atoms with E-state index in [0.29, 0.717) is 0 Å². The summed E-state index contributed by atoms with van der Waals surface area (Å²) in [4.78, 5) is 47.6. The van der Waals surface area contributed by atoms with Gasteiger partial charge in [-0.2, -0.15) is 12.6 Å². The number of rotatable bonds is 11. The summed E-state index contributed by atoms with van der Waals surface area (Å²) in [5.41, 5.74) is 5.54. The number of carbonyl (C=O) groups is 4. The number of aliphatic hydroxyl groups excluding tert-OH is 1. The van der Waals surface area contributed by atoms with Crippen LogP contribution in [0.5, 0.6) is 0 Å². The number of nitrogens with two attached hydrogens (primary N) is 1. The molecule has 0 saturated carbocycles. The third-order valence-electron chi connectivity index (χ3n) is 3.67. The quantitative estimate of drug-likeness (QED) is 0.199. The molecule has 0 bridgehead atoms. The monoisotopic (exact) mass is 406 g/mol. The molecule has 156 valence electrons. The molecule has 10 nitrogen and oxygen atoms in total. The van der Waals surface area contributed by atoms with Crippen LogP contribution in [-0.2, 0) is 19.2 Å². The van der Waals surface area contributed by atoms with E-state index in [1.54, 1.807) is 0 Å². The minimum Gasteiger partial charge on any atom is -0.480 e. The zero-order chi connectivity index (χ0) is 21.3. The number of amides is 3. The van der Waals surface area contributed by atoms with Crippen molar-refractivity contribution in [3.63, 3.8) is 0 Å². The van der Waals surface area contributed by atoms with E-state index in [-0.39, 0.29) is 18.1 Å². The van der Waals surface area contributed by atoms with E-state index >= 15 is 0 Å². The molecule has 0 radical (unpaired) electrons. The van der Waals surface area contributed by atoms with Crippen molar-refractivity contribution in [2.75, 3.05) is 5.75 Å². The van der Waals surface area contributed by atoms with Gasteiger partial charge in [0.2, 0.25) is 17.7 Å². The summed E-state index contributed by atoms with van der Waals surface area (Å²) < 4.78 is 0. The van der Waals surface area contributed by atoms with Crippen molar-refractivity contribution in [1.29, 1.82) is 0 Å². The molecule has 0 aromatic heterocycles. The van der Waals surface area contributed by atoms with Crippen molar-refractivity contribution in [3.8, 4) is 0 Å². The summed E-state index contributed by atoms with van der Waals surface area (Å²) in [6.07, 6.45) is -1.01. The lowest BCUT2D eigenvalue weighted by atomic mass is 10.0. The van der Waals surface area contributed by atoms with Crippen molar-refractivity contribution in [1.82, 2.24) is 16.0 Å². The third kappa shape index (κ3) is 9.07. The molecule has 0 aliphatic rings. The van der Waals surface area contributed by atoms with Crippen LogP contribution in [0.2, 0.25) is 0 Å². The van der Waals surface area contributed by atoms with Gasteiger partial charge in [-0.05, 0) is 26.2 Å². The van der Waals surface area contributed by atoms with Gasteiger partial charge in [0.15, 0.2) is 0 Å². The summed E-state index contributed by atoms with van der Waals surface area (Å²) in [5.74, 6) is -3.28. The highest BCUT2D eigenvalue weighted by Gasteiger charge is 2.31. The van der Waals surface area contributed by atoms with Gasteiger partial charge in [-0.3, -0.25) is 19.2 Å². The first-order valence-electron chi connectivity index (χ1n) is 8.59. The molecule has 3 amide bonds. The maximum absolute atomic E-state index is 12.5. The first kappa shape index (κ1) is 25.1. The Morgan fingerprint density at radius 1 is 0.963 bits per heavy atom. The zero-order valence-corrected chi connectivity index (χ0v) is 16.8. The fourth-order valence-corrected chi connectivity index (χ4v) is 2.25. The van der Waals surface area contributed by atoms with Gasteiger partial charge in [-0.15, -0.1) is 0 Å². The fourth-order valence-electron chi connectivity index (χ4n) is 2.09. The molecule has 0 aliphatic heterocycles. The predicted molar refractivity (Wildman–Crippen MR) is 102 cm³/mol. The van der Waals surface area contributed by atoms with E-state index in [1.807, 2.05) is 13.8 Å². The summed E-state index contributed by atoms with van der Waals surface area (Å²) in [5, 5.41) is 25.8. The molecule has 27 heavy (non-hydrogen) atoms. The van der Waals surface area contributed by atoms with Crippen LogP contribution in [0, 0.1) is 5.92 Å². The van der Waals surface area contributed by atoms with Crippen molar-refractivity contribution in [2.45, 2.75) is 64.4 Å². The number of carboxylic acid groups (broad SMARTS) is 1.